The monoisotopic (exact) mass is 183 g/mol. The molecular formula is C9H13NO3. The molecule has 0 fully saturated rings. The topological polar surface area (TPSA) is 69.4 Å². The first-order valence-electron chi connectivity index (χ1n) is 4.27. The van der Waals surface area contributed by atoms with Crippen molar-refractivity contribution in [2.45, 2.75) is 25.9 Å². The Morgan fingerprint density at radius 1 is 1.77 bits per heavy atom. The summed E-state index contributed by atoms with van der Waals surface area (Å²) in [5.41, 5.74) is 4.86. The van der Waals surface area contributed by atoms with Crippen molar-refractivity contribution in [2.24, 2.45) is 11.7 Å². The van der Waals surface area contributed by atoms with Crippen molar-refractivity contribution in [3.63, 3.8) is 0 Å². The Bertz CT molecular complexity index is 247. The van der Waals surface area contributed by atoms with Crippen LogP contribution < -0.4 is 5.73 Å². The molecule has 0 aromatic carbocycles. The van der Waals surface area contributed by atoms with Gasteiger partial charge in [-0.25, -0.2) is 4.79 Å². The lowest BCUT2D eigenvalue weighted by Gasteiger charge is -2.22. The number of rotatable bonds is 2. The van der Waals surface area contributed by atoms with Gasteiger partial charge in [-0.05, 0) is 25.8 Å². The van der Waals surface area contributed by atoms with E-state index in [1.165, 1.54) is 6.08 Å². The molecule has 1 aliphatic rings. The highest BCUT2D eigenvalue weighted by Gasteiger charge is 2.26. The number of ketones is 1. The summed E-state index contributed by atoms with van der Waals surface area (Å²) in [6.45, 7) is 1.69. The number of carbonyl (C=O) groups excluding carboxylic acids is 2. The van der Waals surface area contributed by atoms with Gasteiger partial charge in [-0.15, -0.1) is 0 Å². The number of amides is 1. The lowest BCUT2D eigenvalue weighted by Crippen LogP contribution is -2.32. The summed E-state index contributed by atoms with van der Waals surface area (Å²) in [4.78, 5) is 21.7. The highest BCUT2D eigenvalue weighted by Crippen LogP contribution is 2.20. The summed E-state index contributed by atoms with van der Waals surface area (Å²) in [6.07, 6.45) is 3.70. The van der Waals surface area contributed by atoms with Gasteiger partial charge >= 0.3 is 6.09 Å². The first-order chi connectivity index (χ1) is 6.11. The van der Waals surface area contributed by atoms with Crippen LogP contribution in [-0.2, 0) is 9.53 Å². The molecule has 2 N–H and O–H groups in total. The van der Waals surface area contributed by atoms with Gasteiger partial charge in [-0.2, -0.15) is 0 Å². The Balaban J connectivity index is 2.55. The normalized spacial score (nSPS) is 24.1. The van der Waals surface area contributed by atoms with E-state index in [1.54, 1.807) is 6.92 Å². The average Bonchev–Trinajstić information content (AvgIpc) is 2.03. The van der Waals surface area contributed by atoms with Gasteiger partial charge in [0.15, 0.2) is 5.78 Å². The van der Waals surface area contributed by atoms with Gasteiger partial charge in [0.25, 0.3) is 0 Å². The Hall–Kier alpha value is -1.32. The molecule has 0 spiro atoms. The number of primary amides is 1. The number of nitrogens with two attached hydrogens (primary N) is 1. The van der Waals surface area contributed by atoms with Crippen LogP contribution in [-0.4, -0.2) is 18.0 Å². The Morgan fingerprint density at radius 3 is 3.00 bits per heavy atom. The van der Waals surface area contributed by atoms with Gasteiger partial charge in [-0.1, -0.05) is 6.08 Å². The first kappa shape index (κ1) is 9.77. The van der Waals surface area contributed by atoms with E-state index < -0.39 is 12.2 Å². The van der Waals surface area contributed by atoms with E-state index in [9.17, 15) is 9.59 Å². The van der Waals surface area contributed by atoms with E-state index in [4.69, 9.17) is 10.5 Å². The van der Waals surface area contributed by atoms with Crippen LogP contribution in [0.1, 0.15) is 19.8 Å². The maximum absolute atomic E-state index is 11.3. The lowest BCUT2D eigenvalue weighted by molar-refractivity contribution is -0.121. The van der Waals surface area contributed by atoms with Crippen LogP contribution in [0.5, 0.6) is 0 Å². The molecule has 0 aromatic rings. The SMILES string of the molecule is CC(OC(N)=O)C1CCC=CC1=O. The summed E-state index contributed by atoms with van der Waals surface area (Å²) < 4.78 is 4.74. The van der Waals surface area contributed by atoms with Crippen molar-refractivity contribution in [2.75, 3.05) is 0 Å². The molecule has 4 nitrogen and oxygen atoms in total. The predicted molar refractivity (Wildman–Crippen MR) is 47.0 cm³/mol. The Morgan fingerprint density at radius 2 is 2.46 bits per heavy atom. The highest BCUT2D eigenvalue weighted by atomic mass is 16.6. The second-order valence-electron chi connectivity index (χ2n) is 3.13. The van der Waals surface area contributed by atoms with Crippen molar-refractivity contribution in [3.8, 4) is 0 Å². The van der Waals surface area contributed by atoms with Crippen molar-refractivity contribution in [3.05, 3.63) is 12.2 Å². The van der Waals surface area contributed by atoms with Crippen LogP contribution in [0, 0.1) is 5.92 Å². The Labute approximate surface area is 76.7 Å². The maximum Gasteiger partial charge on any atom is 0.404 e. The van der Waals surface area contributed by atoms with Gasteiger partial charge in [0.2, 0.25) is 0 Å². The van der Waals surface area contributed by atoms with Gasteiger partial charge < -0.3 is 10.5 Å². The molecule has 0 saturated carbocycles. The molecule has 13 heavy (non-hydrogen) atoms. The largest absolute Gasteiger partial charge is 0.446 e. The summed E-state index contributed by atoms with van der Waals surface area (Å²) in [5, 5.41) is 0. The first-order valence-corrected chi connectivity index (χ1v) is 4.27. The zero-order valence-corrected chi connectivity index (χ0v) is 7.53. The van der Waals surface area contributed by atoms with E-state index in [-0.39, 0.29) is 11.7 Å². The summed E-state index contributed by atoms with van der Waals surface area (Å²) in [5.74, 6) is -0.211. The number of hydrogen-bond acceptors (Lipinski definition) is 3. The van der Waals surface area contributed by atoms with Crippen molar-refractivity contribution in [1.29, 1.82) is 0 Å². The minimum absolute atomic E-state index is 0.0139. The molecule has 0 bridgehead atoms. The summed E-state index contributed by atoms with van der Waals surface area (Å²) in [6, 6.07) is 0. The van der Waals surface area contributed by atoms with Gasteiger partial charge in [0.05, 0.1) is 5.92 Å². The third-order valence-corrected chi connectivity index (χ3v) is 2.16. The summed E-state index contributed by atoms with van der Waals surface area (Å²) >= 11 is 0. The quantitative estimate of drug-likeness (QED) is 0.694. The van der Waals surface area contributed by atoms with E-state index in [0.717, 1.165) is 12.8 Å². The summed E-state index contributed by atoms with van der Waals surface area (Å²) in [7, 11) is 0. The van der Waals surface area contributed by atoms with E-state index in [2.05, 4.69) is 0 Å². The second kappa shape index (κ2) is 4.07. The molecule has 1 amide bonds. The van der Waals surface area contributed by atoms with E-state index in [1.807, 2.05) is 6.08 Å². The molecule has 72 valence electrons. The number of ether oxygens (including phenoxy) is 1. The molecule has 1 aliphatic carbocycles. The fourth-order valence-corrected chi connectivity index (χ4v) is 1.47. The third kappa shape index (κ3) is 2.57. The fraction of sp³-hybridized carbons (Fsp3) is 0.556. The predicted octanol–water partition coefficient (Wildman–Crippen LogP) is 1.01. The van der Waals surface area contributed by atoms with Crippen LogP contribution in [0.4, 0.5) is 4.79 Å². The van der Waals surface area contributed by atoms with Crippen LogP contribution in [0.2, 0.25) is 0 Å². The molecule has 4 heteroatoms. The van der Waals surface area contributed by atoms with Gasteiger partial charge in [0.1, 0.15) is 6.10 Å². The zero-order valence-electron chi connectivity index (χ0n) is 7.53. The molecule has 0 heterocycles. The smallest absolute Gasteiger partial charge is 0.404 e. The molecule has 0 aliphatic heterocycles. The van der Waals surface area contributed by atoms with Gasteiger partial charge in [-0.3, -0.25) is 4.79 Å². The minimum atomic E-state index is -0.824. The number of carbonyl (C=O) groups is 2. The van der Waals surface area contributed by atoms with E-state index in [0.29, 0.717) is 0 Å². The molecule has 0 saturated heterocycles. The highest BCUT2D eigenvalue weighted by molar-refractivity contribution is 5.93. The molecule has 0 aromatic heterocycles. The van der Waals surface area contributed by atoms with Crippen LogP contribution in [0.15, 0.2) is 12.2 Å². The van der Waals surface area contributed by atoms with Gasteiger partial charge in [0, 0.05) is 0 Å². The number of hydrogen-bond donors (Lipinski definition) is 1. The van der Waals surface area contributed by atoms with Crippen molar-refractivity contribution >= 4 is 11.9 Å². The van der Waals surface area contributed by atoms with Crippen molar-refractivity contribution in [1.82, 2.24) is 0 Å². The van der Waals surface area contributed by atoms with E-state index >= 15 is 0 Å². The molecule has 2 unspecified atom stereocenters. The molecule has 0 radical (unpaired) electrons. The van der Waals surface area contributed by atoms with Crippen molar-refractivity contribution < 1.29 is 14.3 Å². The lowest BCUT2D eigenvalue weighted by atomic mass is 9.89. The third-order valence-electron chi connectivity index (χ3n) is 2.16. The van der Waals surface area contributed by atoms with Crippen LogP contribution in [0.3, 0.4) is 0 Å². The van der Waals surface area contributed by atoms with Crippen LogP contribution >= 0.6 is 0 Å². The fourth-order valence-electron chi connectivity index (χ4n) is 1.47. The zero-order chi connectivity index (χ0) is 9.84. The molecular weight excluding hydrogens is 170 g/mol. The standard InChI is InChI=1S/C9H13NO3/c1-6(13-9(10)12)7-4-2-3-5-8(7)11/h3,5-7H,2,4H2,1H3,(H2,10,12). The minimum Gasteiger partial charge on any atom is -0.446 e. The molecule has 1 rings (SSSR count). The second-order valence-corrected chi connectivity index (χ2v) is 3.13. The number of allylic oxidation sites excluding steroid dienone is 2. The van der Waals surface area contributed by atoms with Crippen LogP contribution in [0.25, 0.3) is 0 Å². The Kier molecular flexibility index (Phi) is 3.06. The molecule has 2 atom stereocenters. The maximum atomic E-state index is 11.3. The average molecular weight is 183 g/mol.